The van der Waals surface area contributed by atoms with Crippen molar-refractivity contribution in [1.82, 2.24) is 4.90 Å². The van der Waals surface area contributed by atoms with Crippen LogP contribution in [-0.4, -0.2) is 29.7 Å². The van der Waals surface area contributed by atoms with Gasteiger partial charge in [-0.15, -0.1) is 0 Å². The van der Waals surface area contributed by atoms with Crippen molar-refractivity contribution >= 4 is 33.4 Å². The molecule has 1 aromatic carbocycles. The lowest BCUT2D eigenvalue weighted by Crippen LogP contribution is -2.29. The van der Waals surface area contributed by atoms with Crippen molar-refractivity contribution in [3.05, 3.63) is 34.9 Å². The normalized spacial score (nSPS) is 10.2. The third kappa shape index (κ3) is 4.54. The van der Waals surface area contributed by atoms with E-state index < -0.39 is 0 Å². The topological polar surface area (TPSA) is 20.3 Å². The number of carbonyl (C=O) groups excluding carboxylic acids is 1. The summed E-state index contributed by atoms with van der Waals surface area (Å²) in [6, 6.07) is 7.42. The van der Waals surface area contributed by atoms with Crippen LogP contribution in [0.4, 0.5) is 0 Å². The minimum absolute atomic E-state index is 0.128. The molecule has 0 bridgehead atoms. The molecule has 0 aliphatic rings. The number of alkyl halides is 1. The van der Waals surface area contributed by atoms with Gasteiger partial charge in [-0.3, -0.25) is 4.79 Å². The summed E-state index contributed by atoms with van der Waals surface area (Å²) in [6.07, 6.45) is 1.39. The van der Waals surface area contributed by atoms with Gasteiger partial charge >= 0.3 is 0 Å². The van der Waals surface area contributed by atoms with E-state index >= 15 is 0 Å². The maximum Gasteiger partial charge on any atom is 0.226 e. The van der Waals surface area contributed by atoms with Crippen LogP contribution in [0.25, 0.3) is 0 Å². The Balaban J connectivity index is 2.50. The van der Waals surface area contributed by atoms with Crippen LogP contribution in [0.3, 0.4) is 0 Å². The Hall–Kier alpha value is -0.540. The first-order chi connectivity index (χ1) is 7.63. The molecule has 1 rings (SSSR count). The Morgan fingerprint density at radius 2 is 2.25 bits per heavy atom. The van der Waals surface area contributed by atoms with Gasteiger partial charge in [0, 0.05) is 23.9 Å². The largest absolute Gasteiger partial charge is 0.345 e. The molecule has 2 nitrogen and oxygen atoms in total. The first-order valence-corrected chi connectivity index (χ1v) is 6.68. The number of likely N-dealkylation sites (N-methyl/N-ethyl adjacent to an activating group) is 1. The van der Waals surface area contributed by atoms with E-state index in [1.165, 1.54) is 0 Å². The van der Waals surface area contributed by atoms with E-state index in [-0.39, 0.29) is 5.91 Å². The zero-order valence-electron chi connectivity index (χ0n) is 9.25. The minimum Gasteiger partial charge on any atom is -0.345 e. The molecular weight excluding hydrogens is 289 g/mol. The van der Waals surface area contributed by atoms with Gasteiger partial charge in [-0.2, -0.15) is 0 Å². The van der Waals surface area contributed by atoms with Gasteiger partial charge in [-0.05, 0) is 24.1 Å². The van der Waals surface area contributed by atoms with Crippen molar-refractivity contribution in [3.63, 3.8) is 0 Å². The Labute approximate surface area is 110 Å². The third-order valence-corrected chi connectivity index (χ3v) is 3.09. The summed E-state index contributed by atoms with van der Waals surface area (Å²) >= 11 is 9.21. The van der Waals surface area contributed by atoms with Gasteiger partial charge in [-0.1, -0.05) is 39.7 Å². The molecule has 0 atom stereocenters. The standard InChI is InChI=1S/C12H15BrClNO/c1-15(7-3-6-13)12(16)9-10-4-2-5-11(14)8-10/h2,4-5,8H,3,6-7,9H2,1H3. The summed E-state index contributed by atoms with van der Waals surface area (Å²) in [4.78, 5) is 13.5. The Morgan fingerprint density at radius 3 is 2.88 bits per heavy atom. The van der Waals surface area contributed by atoms with Gasteiger partial charge in [0.15, 0.2) is 0 Å². The number of hydrogen-bond acceptors (Lipinski definition) is 1. The lowest BCUT2D eigenvalue weighted by molar-refractivity contribution is -0.129. The molecule has 0 heterocycles. The molecule has 0 aliphatic carbocycles. The SMILES string of the molecule is CN(CCCBr)C(=O)Cc1cccc(Cl)c1. The second kappa shape index (κ2) is 6.92. The Morgan fingerprint density at radius 1 is 1.50 bits per heavy atom. The summed E-state index contributed by atoms with van der Waals surface area (Å²) in [7, 11) is 1.83. The molecule has 88 valence electrons. The van der Waals surface area contributed by atoms with E-state index in [4.69, 9.17) is 11.6 Å². The van der Waals surface area contributed by atoms with Crippen molar-refractivity contribution in [3.8, 4) is 0 Å². The summed E-state index contributed by atoms with van der Waals surface area (Å²) in [5, 5.41) is 1.59. The third-order valence-electron chi connectivity index (χ3n) is 2.30. The van der Waals surface area contributed by atoms with Crippen LogP contribution >= 0.6 is 27.5 Å². The zero-order valence-corrected chi connectivity index (χ0v) is 11.6. The number of halogens is 2. The van der Waals surface area contributed by atoms with Gasteiger partial charge in [-0.25, -0.2) is 0 Å². The number of hydrogen-bond donors (Lipinski definition) is 0. The molecule has 0 radical (unpaired) electrons. The van der Waals surface area contributed by atoms with E-state index in [0.717, 1.165) is 23.9 Å². The van der Waals surface area contributed by atoms with Gasteiger partial charge in [0.05, 0.1) is 6.42 Å². The molecule has 0 aliphatic heterocycles. The maximum atomic E-state index is 11.8. The van der Waals surface area contributed by atoms with E-state index in [2.05, 4.69) is 15.9 Å². The van der Waals surface area contributed by atoms with Crippen molar-refractivity contribution in [2.45, 2.75) is 12.8 Å². The van der Waals surface area contributed by atoms with E-state index in [1.54, 1.807) is 4.90 Å². The van der Waals surface area contributed by atoms with E-state index in [1.807, 2.05) is 31.3 Å². The molecule has 0 fully saturated rings. The molecule has 1 aromatic rings. The smallest absolute Gasteiger partial charge is 0.226 e. The highest BCUT2D eigenvalue weighted by Crippen LogP contribution is 2.11. The molecular formula is C12H15BrClNO. The van der Waals surface area contributed by atoms with Gasteiger partial charge in [0.2, 0.25) is 5.91 Å². The summed E-state index contributed by atoms with van der Waals surface area (Å²) in [5.41, 5.74) is 0.961. The Kier molecular flexibility index (Phi) is 5.85. The van der Waals surface area contributed by atoms with Crippen molar-refractivity contribution < 1.29 is 4.79 Å². The Bertz CT molecular complexity index is 357. The fraction of sp³-hybridized carbons (Fsp3) is 0.417. The zero-order chi connectivity index (χ0) is 12.0. The predicted octanol–water partition coefficient (Wildman–Crippen LogP) is 3.13. The maximum absolute atomic E-state index is 11.8. The predicted molar refractivity (Wildman–Crippen MR) is 71.2 cm³/mol. The van der Waals surface area contributed by atoms with Gasteiger partial charge in [0.1, 0.15) is 0 Å². The first-order valence-electron chi connectivity index (χ1n) is 5.18. The van der Waals surface area contributed by atoms with Crippen LogP contribution in [0.2, 0.25) is 5.02 Å². The number of nitrogens with zero attached hydrogens (tertiary/aromatic N) is 1. The molecule has 4 heteroatoms. The summed E-state index contributed by atoms with van der Waals surface area (Å²) < 4.78 is 0. The van der Waals surface area contributed by atoms with Crippen molar-refractivity contribution in [2.24, 2.45) is 0 Å². The molecule has 0 spiro atoms. The summed E-state index contributed by atoms with van der Waals surface area (Å²) in [6.45, 7) is 0.782. The minimum atomic E-state index is 0.128. The molecule has 16 heavy (non-hydrogen) atoms. The molecule has 0 saturated heterocycles. The average Bonchev–Trinajstić information content (AvgIpc) is 2.25. The summed E-state index contributed by atoms with van der Waals surface area (Å²) in [5.74, 6) is 0.128. The fourth-order valence-corrected chi connectivity index (χ4v) is 1.84. The van der Waals surface area contributed by atoms with Crippen molar-refractivity contribution in [2.75, 3.05) is 18.9 Å². The number of benzene rings is 1. The highest BCUT2D eigenvalue weighted by molar-refractivity contribution is 9.09. The first kappa shape index (κ1) is 13.5. The second-order valence-electron chi connectivity index (χ2n) is 3.66. The lowest BCUT2D eigenvalue weighted by Gasteiger charge is -2.16. The molecule has 0 aromatic heterocycles. The molecule has 1 amide bonds. The molecule has 0 saturated carbocycles. The van der Waals surface area contributed by atoms with Crippen LogP contribution in [-0.2, 0) is 11.2 Å². The van der Waals surface area contributed by atoms with Crippen LogP contribution in [0.5, 0.6) is 0 Å². The van der Waals surface area contributed by atoms with Crippen LogP contribution in [0.1, 0.15) is 12.0 Å². The highest BCUT2D eigenvalue weighted by Gasteiger charge is 2.08. The van der Waals surface area contributed by atoms with E-state index in [0.29, 0.717) is 11.4 Å². The number of carbonyl (C=O) groups is 1. The highest BCUT2D eigenvalue weighted by atomic mass is 79.9. The number of amides is 1. The van der Waals surface area contributed by atoms with Crippen LogP contribution in [0, 0.1) is 0 Å². The van der Waals surface area contributed by atoms with Gasteiger partial charge < -0.3 is 4.90 Å². The fourth-order valence-electron chi connectivity index (χ4n) is 1.38. The average molecular weight is 305 g/mol. The molecule has 0 N–H and O–H groups in total. The van der Waals surface area contributed by atoms with Crippen LogP contribution < -0.4 is 0 Å². The number of rotatable bonds is 5. The molecule has 0 unspecified atom stereocenters. The quantitative estimate of drug-likeness (QED) is 0.765. The van der Waals surface area contributed by atoms with Crippen LogP contribution in [0.15, 0.2) is 24.3 Å². The van der Waals surface area contributed by atoms with Crippen molar-refractivity contribution in [1.29, 1.82) is 0 Å². The van der Waals surface area contributed by atoms with Gasteiger partial charge in [0.25, 0.3) is 0 Å². The lowest BCUT2D eigenvalue weighted by atomic mass is 10.1. The van der Waals surface area contributed by atoms with E-state index in [9.17, 15) is 4.79 Å². The monoisotopic (exact) mass is 303 g/mol. The second-order valence-corrected chi connectivity index (χ2v) is 4.89.